The van der Waals surface area contributed by atoms with Crippen LogP contribution in [0.15, 0.2) is 60.7 Å². The number of para-hydroxylation sites is 1. The van der Waals surface area contributed by atoms with Gasteiger partial charge < -0.3 is 5.32 Å². The van der Waals surface area contributed by atoms with Gasteiger partial charge in [0, 0.05) is 16.1 Å². The van der Waals surface area contributed by atoms with Gasteiger partial charge in [0.2, 0.25) is 0 Å². The second-order valence-corrected chi connectivity index (χ2v) is 5.91. The predicted octanol–water partition coefficient (Wildman–Crippen LogP) is 4.62. The number of amides is 1. The molecule has 1 heterocycles. The number of hydrogen-bond donors (Lipinski definition) is 1. The molecule has 0 aliphatic rings. The van der Waals surface area contributed by atoms with Crippen molar-refractivity contribution in [3.05, 3.63) is 70.5 Å². The quantitative estimate of drug-likeness (QED) is 0.764. The highest BCUT2D eigenvalue weighted by Gasteiger charge is 2.17. The molecule has 3 nitrogen and oxygen atoms in total. The Balaban J connectivity index is 1.89. The molecule has 0 aliphatic carbocycles. The highest BCUT2D eigenvalue weighted by Crippen LogP contribution is 2.29. The number of carbonyl (C=O) groups is 1. The maximum atomic E-state index is 12.4. The Labute approximate surface area is 133 Å². The SMILES string of the molecule is CCc1sc(C(=O)Nc2ccccc2)nc1-c1ccccc1. The molecular weight excluding hydrogens is 292 g/mol. The van der Waals surface area contributed by atoms with Gasteiger partial charge in [-0.15, -0.1) is 11.3 Å². The standard InChI is InChI=1S/C18H16N2OS/c1-2-15-16(13-9-5-3-6-10-13)20-18(22-15)17(21)19-14-11-7-4-8-12-14/h3-12H,2H2,1H3,(H,19,21). The summed E-state index contributed by atoms with van der Waals surface area (Å²) in [5, 5.41) is 3.38. The van der Waals surface area contributed by atoms with Crippen LogP contribution in [0.1, 0.15) is 21.6 Å². The van der Waals surface area contributed by atoms with E-state index in [1.165, 1.54) is 11.3 Å². The summed E-state index contributed by atoms with van der Waals surface area (Å²) in [5.41, 5.74) is 2.74. The second-order valence-electron chi connectivity index (χ2n) is 4.83. The van der Waals surface area contributed by atoms with Crippen molar-refractivity contribution in [2.45, 2.75) is 13.3 Å². The highest BCUT2D eigenvalue weighted by molar-refractivity contribution is 7.14. The van der Waals surface area contributed by atoms with Gasteiger partial charge in [-0.05, 0) is 18.6 Å². The number of hydrogen-bond acceptors (Lipinski definition) is 3. The minimum absolute atomic E-state index is 0.159. The normalized spacial score (nSPS) is 10.4. The molecule has 0 spiro atoms. The van der Waals surface area contributed by atoms with E-state index in [1.54, 1.807) is 0 Å². The molecule has 0 radical (unpaired) electrons. The third-order valence-corrected chi connectivity index (χ3v) is 4.49. The average molecular weight is 308 g/mol. The van der Waals surface area contributed by atoms with Crippen LogP contribution in [0.5, 0.6) is 0 Å². The molecule has 0 saturated heterocycles. The number of rotatable bonds is 4. The van der Waals surface area contributed by atoms with Crippen LogP contribution in [0.2, 0.25) is 0 Å². The van der Waals surface area contributed by atoms with Crippen molar-refractivity contribution in [2.75, 3.05) is 5.32 Å². The lowest BCUT2D eigenvalue weighted by atomic mass is 10.1. The first-order valence-corrected chi connectivity index (χ1v) is 8.01. The smallest absolute Gasteiger partial charge is 0.284 e. The summed E-state index contributed by atoms with van der Waals surface area (Å²) in [7, 11) is 0. The molecule has 0 bridgehead atoms. The average Bonchev–Trinajstić information content (AvgIpc) is 3.01. The minimum atomic E-state index is -0.159. The molecule has 4 heteroatoms. The van der Waals surface area contributed by atoms with E-state index in [0.29, 0.717) is 5.01 Å². The van der Waals surface area contributed by atoms with Gasteiger partial charge in [0.15, 0.2) is 5.01 Å². The zero-order valence-corrected chi connectivity index (χ0v) is 13.1. The molecule has 0 saturated carbocycles. The third-order valence-electron chi connectivity index (χ3n) is 3.29. The lowest BCUT2D eigenvalue weighted by Gasteiger charge is -2.01. The van der Waals surface area contributed by atoms with Crippen molar-refractivity contribution in [1.82, 2.24) is 4.98 Å². The number of anilines is 1. The summed E-state index contributed by atoms with van der Waals surface area (Å²) in [6.45, 7) is 2.08. The highest BCUT2D eigenvalue weighted by atomic mass is 32.1. The number of benzene rings is 2. The van der Waals surface area contributed by atoms with Crippen LogP contribution in [0.25, 0.3) is 11.3 Å². The van der Waals surface area contributed by atoms with Gasteiger partial charge in [-0.2, -0.15) is 0 Å². The van der Waals surface area contributed by atoms with Crippen LogP contribution in [-0.4, -0.2) is 10.9 Å². The van der Waals surface area contributed by atoms with Gasteiger partial charge in [-0.1, -0.05) is 55.5 Å². The topological polar surface area (TPSA) is 42.0 Å². The number of aromatic nitrogens is 1. The number of carbonyl (C=O) groups excluding carboxylic acids is 1. The molecule has 22 heavy (non-hydrogen) atoms. The maximum absolute atomic E-state index is 12.4. The van der Waals surface area contributed by atoms with E-state index < -0.39 is 0 Å². The van der Waals surface area contributed by atoms with E-state index in [4.69, 9.17) is 0 Å². The Morgan fingerprint density at radius 1 is 1.05 bits per heavy atom. The molecule has 0 atom stereocenters. The molecule has 110 valence electrons. The lowest BCUT2D eigenvalue weighted by Crippen LogP contribution is -2.11. The summed E-state index contributed by atoms with van der Waals surface area (Å²) in [4.78, 5) is 18.0. The fourth-order valence-corrected chi connectivity index (χ4v) is 3.13. The van der Waals surface area contributed by atoms with Gasteiger partial charge in [0.1, 0.15) is 0 Å². The van der Waals surface area contributed by atoms with Crippen LogP contribution in [-0.2, 0) is 6.42 Å². The van der Waals surface area contributed by atoms with Crippen molar-refractivity contribution < 1.29 is 4.79 Å². The molecule has 1 amide bonds. The zero-order chi connectivity index (χ0) is 15.4. The zero-order valence-electron chi connectivity index (χ0n) is 12.2. The van der Waals surface area contributed by atoms with Crippen molar-refractivity contribution >= 4 is 22.9 Å². The van der Waals surface area contributed by atoms with Gasteiger partial charge in [0.05, 0.1) is 5.69 Å². The molecule has 1 N–H and O–H groups in total. The van der Waals surface area contributed by atoms with Crippen LogP contribution in [0.3, 0.4) is 0 Å². The summed E-state index contributed by atoms with van der Waals surface area (Å²) in [5.74, 6) is -0.159. The first kappa shape index (κ1) is 14.5. The summed E-state index contributed by atoms with van der Waals surface area (Å²) in [6.07, 6.45) is 0.862. The molecule has 3 aromatic rings. The number of aryl methyl sites for hydroxylation is 1. The Morgan fingerprint density at radius 2 is 1.68 bits per heavy atom. The first-order valence-electron chi connectivity index (χ1n) is 7.19. The molecule has 3 rings (SSSR count). The second kappa shape index (κ2) is 6.54. The Hall–Kier alpha value is -2.46. The van der Waals surface area contributed by atoms with Crippen molar-refractivity contribution in [1.29, 1.82) is 0 Å². The van der Waals surface area contributed by atoms with Crippen LogP contribution in [0.4, 0.5) is 5.69 Å². The lowest BCUT2D eigenvalue weighted by molar-refractivity contribution is 0.102. The van der Waals surface area contributed by atoms with E-state index in [-0.39, 0.29) is 5.91 Å². The first-order chi connectivity index (χ1) is 10.8. The Kier molecular flexibility index (Phi) is 4.30. The molecule has 0 aliphatic heterocycles. The molecule has 1 aromatic heterocycles. The Morgan fingerprint density at radius 3 is 2.32 bits per heavy atom. The molecule has 0 unspecified atom stereocenters. The molecule has 0 fully saturated rings. The molecule has 2 aromatic carbocycles. The van der Waals surface area contributed by atoms with E-state index >= 15 is 0 Å². The fraction of sp³-hybridized carbons (Fsp3) is 0.111. The summed E-state index contributed by atoms with van der Waals surface area (Å²) >= 11 is 1.46. The van der Waals surface area contributed by atoms with Crippen LogP contribution < -0.4 is 5.32 Å². The number of nitrogens with one attached hydrogen (secondary N) is 1. The van der Waals surface area contributed by atoms with E-state index in [1.807, 2.05) is 60.7 Å². The maximum Gasteiger partial charge on any atom is 0.284 e. The van der Waals surface area contributed by atoms with Gasteiger partial charge in [0.25, 0.3) is 5.91 Å². The predicted molar refractivity (Wildman–Crippen MR) is 91.3 cm³/mol. The fourth-order valence-electron chi connectivity index (χ4n) is 2.22. The summed E-state index contributed by atoms with van der Waals surface area (Å²) < 4.78 is 0. The molecular formula is C18H16N2OS. The van der Waals surface area contributed by atoms with Crippen LogP contribution >= 0.6 is 11.3 Å². The monoisotopic (exact) mass is 308 g/mol. The third kappa shape index (κ3) is 3.07. The number of nitrogens with zero attached hydrogens (tertiary/aromatic N) is 1. The Bertz CT molecular complexity index is 766. The summed E-state index contributed by atoms with van der Waals surface area (Å²) in [6, 6.07) is 19.4. The van der Waals surface area contributed by atoms with Gasteiger partial charge in [-0.3, -0.25) is 4.79 Å². The van der Waals surface area contributed by atoms with E-state index in [0.717, 1.165) is 28.2 Å². The van der Waals surface area contributed by atoms with E-state index in [2.05, 4.69) is 17.2 Å². The van der Waals surface area contributed by atoms with Gasteiger partial charge >= 0.3 is 0 Å². The van der Waals surface area contributed by atoms with Crippen molar-refractivity contribution in [3.63, 3.8) is 0 Å². The number of thiazole rings is 1. The van der Waals surface area contributed by atoms with Crippen molar-refractivity contribution in [2.24, 2.45) is 0 Å². The van der Waals surface area contributed by atoms with Gasteiger partial charge in [-0.25, -0.2) is 4.98 Å². The minimum Gasteiger partial charge on any atom is -0.320 e. The van der Waals surface area contributed by atoms with E-state index in [9.17, 15) is 4.79 Å². The van der Waals surface area contributed by atoms with Crippen LogP contribution in [0, 0.1) is 0 Å². The van der Waals surface area contributed by atoms with Crippen molar-refractivity contribution in [3.8, 4) is 11.3 Å². The largest absolute Gasteiger partial charge is 0.320 e.